The second-order valence-corrected chi connectivity index (χ2v) is 10.1. The Bertz CT molecular complexity index is 900. The number of ether oxygens (including phenoxy) is 1. The Kier molecular flexibility index (Phi) is 11.2. The van der Waals surface area contributed by atoms with Crippen molar-refractivity contribution in [1.82, 2.24) is 15.4 Å². The van der Waals surface area contributed by atoms with Crippen molar-refractivity contribution < 1.29 is 19.4 Å². The summed E-state index contributed by atoms with van der Waals surface area (Å²) in [6.07, 6.45) is 5.40. The summed E-state index contributed by atoms with van der Waals surface area (Å²) in [5, 5.41) is 0. The van der Waals surface area contributed by atoms with Crippen LogP contribution in [0.4, 0.5) is 0 Å². The van der Waals surface area contributed by atoms with Gasteiger partial charge in [-0.3, -0.25) is 4.79 Å². The number of rotatable bonds is 10. The largest absolute Gasteiger partial charge is 0.497 e. The van der Waals surface area contributed by atoms with Crippen LogP contribution in [0.15, 0.2) is 54.6 Å². The predicted molar refractivity (Wildman–Crippen MR) is 141 cm³/mol. The molecular formula is C28H42N4O4. The van der Waals surface area contributed by atoms with E-state index < -0.39 is 0 Å². The number of likely N-dealkylation sites (tertiary alicyclic amines) is 2. The number of carbonyl (C=O) groups is 1. The zero-order valence-electron chi connectivity index (χ0n) is 21.9. The molecule has 0 saturated carbocycles. The molecule has 2 saturated heterocycles. The minimum absolute atomic E-state index is 0.0380. The molecule has 8 heteroatoms. The van der Waals surface area contributed by atoms with Gasteiger partial charge in [-0.15, -0.1) is 10.6 Å². The minimum Gasteiger partial charge on any atom is -0.497 e. The minimum atomic E-state index is 0.0380. The maximum absolute atomic E-state index is 12.7. The van der Waals surface area contributed by atoms with Gasteiger partial charge >= 0.3 is 0 Å². The Morgan fingerprint density at radius 2 is 1.72 bits per heavy atom. The second kappa shape index (κ2) is 14.3. The Hall–Kier alpha value is -2.49. The first kappa shape index (κ1) is 28.1. The third-order valence-corrected chi connectivity index (χ3v) is 6.93. The van der Waals surface area contributed by atoms with Crippen molar-refractivity contribution in [1.29, 1.82) is 0 Å². The molecule has 198 valence electrons. The number of nitrogens with zero attached hydrogens (tertiary/aromatic N) is 2. The van der Waals surface area contributed by atoms with Crippen molar-refractivity contribution in [2.75, 3.05) is 33.3 Å². The van der Waals surface area contributed by atoms with E-state index in [0.29, 0.717) is 12.5 Å². The summed E-state index contributed by atoms with van der Waals surface area (Å²) in [5.74, 6) is 5.86. The van der Waals surface area contributed by atoms with E-state index in [0.717, 1.165) is 57.6 Å². The number of nitrogens with one attached hydrogen (secondary N) is 1. The molecule has 2 aromatic carbocycles. The van der Waals surface area contributed by atoms with Crippen LogP contribution < -0.4 is 16.2 Å². The lowest BCUT2D eigenvalue weighted by Gasteiger charge is -2.38. The normalized spacial score (nSPS) is 17.4. The van der Waals surface area contributed by atoms with Crippen LogP contribution in [-0.4, -0.2) is 55.1 Å². The summed E-state index contributed by atoms with van der Waals surface area (Å²) < 4.78 is 5.23. The highest BCUT2D eigenvalue weighted by atomic mass is 17.3. The van der Waals surface area contributed by atoms with Crippen LogP contribution in [0.2, 0.25) is 0 Å². The lowest BCUT2D eigenvalue weighted by molar-refractivity contribution is -0.357. The van der Waals surface area contributed by atoms with Crippen LogP contribution in [0.1, 0.15) is 50.7 Å². The average Bonchev–Trinajstić information content (AvgIpc) is 3.19. The highest BCUT2D eigenvalue weighted by Gasteiger charge is 2.44. The molecule has 0 bridgehead atoms. The molecule has 2 aliphatic rings. The number of hydrazine groups is 1. The van der Waals surface area contributed by atoms with Crippen LogP contribution in [0.25, 0.3) is 0 Å². The monoisotopic (exact) mass is 498 g/mol. The molecule has 36 heavy (non-hydrogen) atoms. The van der Waals surface area contributed by atoms with Crippen molar-refractivity contribution in [2.24, 2.45) is 11.3 Å². The first-order chi connectivity index (χ1) is 17.4. The van der Waals surface area contributed by atoms with E-state index in [2.05, 4.69) is 68.0 Å². The smallest absolute Gasteiger partial charge is 0.223 e. The molecule has 2 aromatic rings. The fraction of sp³-hybridized carbons (Fsp3) is 0.536. The lowest BCUT2D eigenvalue weighted by atomic mass is 9.77. The van der Waals surface area contributed by atoms with Crippen LogP contribution in [0.5, 0.6) is 5.75 Å². The van der Waals surface area contributed by atoms with E-state index in [-0.39, 0.29) is 11.5 Å². The summed E-state index contributed by atoms with van der Waals surface area (Å²) in [7, 11) is 1.68. The van der Waals surface area contributed by atoms with E-state index in [1.807, 2.05) is 31.6 Å². The van der Waals surface area contributed by atoms with Gasteiger partial charge in [0.05, 0.1) is 13.2 Å². The van der Waals surface area contributed by atoms with Gasteiger partial charge in [0.2, 0.25) is 5.91 Å². The van der Waals surface area contributed by atoms with Crippen molar-refractivity contribution in [3.63, 3.8) is 0 Å². The summed E-state index contributed by atoms with van der Waals surface area (Å²) in [5.41, 5.74) is 4.67. The molecule has 0 radical (unpaired) electrons. The molecule has 2 aliphatic heterocycles. The summed E-state index contributed by atoms with van der Waals surface area (Å²) in [4.78, 5) is 25.9. The lowest BCUT2D eigenvalue weighted by Crippen LogP contribution is -2.41. The third-order valence-electron chi connectivity index (χ3n) is 6.93. The fourth-order valence-corrected chi connectivity index (χ4v) is 4.94. The number of benzene rings is 2. The predicted octanol–water partition coefficient (Wildman–Crippen LogP) is 3.86. The Morgan fingerprint density at radius 3 is 2.31 bits per heavy atom. The molecule has 0 aliphatic carbocycles. The van der Waals surface area contributed by atoms with E-state index in [1.165, 1.54) is 17.5 Å². The maximum Gasteiger partial charge on any atom is 0.223 e. The number of carbonyl (C=O) groups excluding carboxylic acids is 1. The van der Waals surface area contributed by atoms with Gasteiger partial charge in [-0.1, -0.05) is 42.5 Å². The molecule has 3 N–H and O–H groups in total. The van der Waals surface area contributed by atoms with E-state index in [4.69, 9.17) is 4.74 Å². The first-order valence-electron chi connectivity index (χ1n) is 12.9. The van der Waals surface area contributed by atoms with Gasteiger partial charge in [0.15, 0.2) is 0 Å². The molecule has 8 nitrogen and oxygen atoms in total. The van der Waals surface area contributed by atoms with E-state index in [9.17, 15) is 4.79 Å². The Balaban J connectivity index is 0.000000454. The number of methoxy groups -OCH3 is 1. The highest BCUT2D eigenvalue weighted by molar-refractivity contribution is 5.79. The average molecular weight is 499 g/mol. The van der Waals surface area contributed by atoms with Gasteiger partial charge in [0, 0.05) is 19.5 Å². The van der Waals surface area contributed by atoms with Gasteiger partial charge in [0.25, 0.3) is 0 Å². The summed E-state index contributed by atoms with van der Waals surface area (Å²) >= 11 is 0. The number of nitrogens with two attached hydrogens (primary N) is 1. The van der Waals surface area contributed by atoms with Crippen molar-refractivity contribution in [3.8, 4) is 5.75 Å². The number of piperidine rings is 1. The van der Waals surface area contributed by atoms with Crippen molar-refractivity contribution >= 4 is 5.91 Å². The van der Waals surface area contributed by atoms with Crippen LogP contribution >= 0.6 is 0 Å². The zero-order valence-corrected chi connectivity index (χ0v) is 21.9. The SMILES string of the molecule is CC(C)OONN.COc1ccc(CN2CC3(CCN(CCCc4ccccc4)CC3)CC2=O)cc1. The number of aryl methyl sites for hydroxylation is 1. The Morgan fingerprint density at radius 1 is 1.03 bits per heavy atom. The topological polar surface area (TPSA) is 89.3 Å². The maximum atomic E-state index is 12.7. The van der Waals surface area contributed by atoms with Gasteiger partial charge < -0.3 is 14.5 Å². The molecular weight excluding hydrogens is 456 g/mol. The molecule has 1 amide bonds. The van der Waals surface area contributed by atoms with Crippen molar-refractivity contribution in [2.45, 2.75) is 58.6 Å². The molecule has 0 unspecified atom stereocenters. The second-order valence-electron chi connectivity index (χ2n) is 10.1. The zero-order chi connectivity index (χ0) is 25.8. The first-order valence-corrected chi connectivity index (χ1v) is 12.9. The van der Waals surface area contributed by atoms with Gasteiger partial charge in [-0.05, 0) is 87.8 Å². The van der Waals surface area contributed by atoms with E-state index >= 15 is 0 Å². The van der Waals surface area contributed by atoms with Crippen molar-refractivity contribution in [3.05, 3.63) is 65.7 Å². The van der Waals surface area contributed by atoms with Crippen LogP contribution in [0.3, 0.4) is 0 Å². The van der Waals surface area contributed by atoms with Gasteiger partial charge in [0.1, 0.15) is 5.75 Å². The standard InChI is InChI=1S/C25H32N2O2.C3H10N2O2/c1-29-23-11-9-22(10-12-23)19-27-20-25(18-24(27)28)13-16-26(17-14-25)15-5-8-21-6-3-2-4-7-21;1-3(2)6-7-5-4/h2-4,6-7,9-12H,5,8,13-20H2,1H3;3,5H,4H2,1-2H3. The molecule has 2 heterocycles. The van der Waals surface area contributed by atoms with Gasteiger partial charge in [-0.25, -0.2) is 10.7 Å². The van der Waals surface area contributed by atoms with E-state index in [1.54, 1.807) is 7.11 Å². The molecule has 4 rings (SSSR count). The fourth-order valence-electron chi connectivity index (χ4n) is 4.94. The summed E-state index contributed by atoms with van der Waals surface area (Å²) in [6.45, 7) is 8.70. The van der Waals surface area contributed by atoms with Gasteiger partial charge in [-0.2, -0.15) is 0 Å². The van der Waals surface area contributed by atoms with Crippen LogP contribution in [-0.2, 0) is 27.6 Å². The summed E-state index contributed by atoms with van der Waals surface area (Å²) in [6, 6.07) is 18.8. The third kappa shape index (κ3) is 8.87. The number of hydrogen-bond donors (Lipinski definition) is 2. The number of amides is 1. The highest BCUT2D eigenvalue weighted by Crippen LogP contribution is 2.41. The molecule has 0 aromatic heterocycles. The molecule has 0 atom stereocenters. The van der Waals surface area contributed by atoms with Crippen LogP contribution in [0, 0.1) is 5.41 Å². The quantitative estimate of drug-likeness (QED) is 0.292. The Labute approximate surface area is 215 Å². The number of hydrogen-bond acceptors (Lipinski definition) is 7. The molecule has 2 fully saturated rings. The molecule has 1 spiro atoms.